The average molecular weight is 224 g/mol. The molecule has 0 aliphatic heterocycles. The molecule has 0 radical (unpaired) electrons. The Bertz CT molecular complexity index is 352. The molecule has 3 nitrogen and oxygen atoms in total. The van der Waals surface area contributed by atoms with Crippen molar-refractivity contribution in [1.82, 2.24) is 0 Å². The lowest BCUT2D eigenvalue weighted by Gasteiger charge is -2.11. The molecule has 1 aromatic carbocycles. The van der Waals surface area contributed by atoms with Crippen LogP contribution in [0.3, 0.4) is 0 Å². The van der Waals surface area contributed by atoms with Crippen molar-refractivity contribution in [2.75, 3.05) is 0 Å². The molecule has 0 saturated heterocycles. The summed E-state index contributed by atoms with van der Waals surface area (Å²) in [7, 11) is 0. The van der Waals surface area contributed by atoms with E-state index in [0.29, 0.717) is 11.7 Å². The van der Waals surface area contributed by atoms with Crippen LogP contribution in [0, 0.1) is 6.92 Å². The van der Waals surface area contributed by atoms with Crippen LogP contribution in [0.4, 0.5) is 0 Å². The van der Waals surface area contributed by atoms with Crippen molar-refractivity contribution >= 4 is 17.6 Å². The zero-order chi connectivity index (χ0) is 11.3. The fourth-order valence-corrected chi connectivity index (χ4v) is 2.38. The summed E-state index contributed by atoms with van der Waals surface area (Å²) in [4.78, 5) is 1.25. The number of rotatable bonds is 4. The molecule has 0 aromatic heterocycles. The van der Waals surface area contributed by atoms with E-state index in [-0.39, 0.29) is 5.84 Å². The van der Waals surface area contributed by atoms with Crippen molar-refractivity contribution in [3.8, 4) is 0 Å². The van der Waals surface area contributed by atoms with Crippen LogP contribution in [-0.2, 0) is 0 Å². The number of benzene rings is 1. The predicted octanol–water partition coefficient (Wildman–Crippen LogP) is 2.61. The highest BCUT2D eigenvalue weighted by Gasteiger charge is 2.08. The maximum absolute atomic E-state index is 8.46. The number of hydrogen-bond donors (Lipinski definition) is 2. The first kappa shape index (κ1) is 11.9. The Morgan fingerprint density at radius 1 is 1.53 bits per heavy atom. The lowest BCUT2D eigenvalue weighted by molar-refractivity contribution is 0.317. The van der Waals surface area contributed by atoms with E-state index in [2.05, 4.69) is 31.1 Å². The van der Waals surface area contributed by atoms with Gasteiger partial charge in [-0.1, -0.05) is 30.3 Å². The van der Waals surface area contributed by atoms with Gasteiger partial charge in [0, 0.05) is 16.6 Å². The van der Waals surface area contributed by atoms with Gasteiger partial charge in [0.25, 0.3) is 0 Å². The van der Waals surface area contributed by atoms with Gasteiger partial charge in [0.1, 0.15) is 5.84 Å². The van der Waals surface area contributed by atoms with Gasteiger partial charge in [-0.15, -0.1) is 11.8 Å². The predicted molar refractivity (Wildman–Crippen MR) is 64.5 cm³/mol. The van der Waals surface area contributed by atoms with Gasteiger partial charge >= 0.3 is 0 Å². The maximum atomic E-state index is 8.46. The maximum Gasteiger partial charge on any atom is 0.140 e. The summed E-state index contributed by atoms with van der Waals surface area (Å²) in [6.07, 6.45) is 0.593. The molecule has 0 saturated carbocycles. The van der Waals surface area contributed by atoms with Gasteiger partial charge in [-0.25, -0.2) is 0 Å². The van der Waals surface area contributed by atoms with Gasteiger partial charge in [0.15, 0.2) is 0 Å². The molecule has 3 N–H and O–H groups in total. The lowest BCUT2D eigenvalue weighted by Crippen LogP contribution is -2.16. The van der Waals surface area contributed by atoms with E-state index in [0.717, 1.165) is 0 Å². The van der Waals surface area contributed by atoms with E-state index in [9.17, 15) is 0 Å². The molecular weight excluding hydrogens is 208 g/mol. The number of nitrogens with two attached hydrogens (primary N) is 1. The zero-order valence-corrected chi connectivity index (χ0v) is 9.79. The van der Waals surface area contributed by atoms with Gasteiger partial charge < -0.3 is 10.9 Å². The number of oxime groups is 1. The number of aryl methyl sites for hydroxylation is 1. The van der Waals surface area contributed by atoms with Crippen LogP contribution in [0.1, 0.15) is 18.9 Å². The molecule has 0 bridgehead atoms. The smallest absolute Gasteiger partial charge is 0.140 e. The summed E-state index contributed by atoms with van der Waals surface area (Å²) in [6.45, 7) is 4.15. The van der Waals surface area contributed by atoms with Gasteiger partial charge in [-0.2, -0.15) is 0 Å². The number of thioether (sulfide) groups is 1. The number of nitrogens with zero attached hydrogens (tertiary/aromatic N) is 1. The summed E-state index contributed by atoms with van der Waals surface area (Å²) in [5, 5.41) is 11.7. The molecule has 0 aliphatic rings. The Morgan fingerprint density at radius 3 is 2.80 bits per heavy atom. The van der Waals surface area contributed by atoms with E-state index < -0.39 is 0 Å². The van der Waals surface area contributed by atoms with E-state index >= 15 is 0 Å². The standard InChI is InChI=1S/C11H16N2OS/c1-8-5-3-4-6-10(8)15-9(2)7-11(12)13-14/h3-6,9,14H,7H2,1-2H3,(H2,12,13). The topological polar surface area (TPSA) is 58.6 Å². The Labute approximate surface area is 94.4 Å². The number of amidine groups is 1. The minimum atomic E-state index is 0.281. The van der Waals surface area contributed by atoms with Gasteiger partial charge in [0.05, 0.1) is 0 Å². The largest absolute Gasteiger partial charge is 0.409 e. The Hall–Kier alpha value is -1.16. The summed E-state index contributed by atoms with van der Waals surface area (Å²) in [5.41, 5.74) is 6.71. The fraction of sp³-hybridized carbons (Fsp3) is 0.364. The van der Waals surface area contributed by atoms with Crippen molar-refractivity contribution < 1.29 is 5.21 Å². The highest BCUT2D eigenvalue weighted by atomic mass is 32.2. The van der Waals surface area contributed by atoms with Crippen LogP contribution in [0.15, 0.2) is 34.3 Å². The van der Waals surface area contributed by atoms with Gasteiger partial charge in [0.2, 0.25) is 0 Å². The molecule has 0 aliphatic carbocycles. The first-order chi connectivity index (χ1) is 7.13. The molecular formula is C11H16N2OS. The van der Waals surface area contributed by atoms with Crippen molar-refractivity contribution in [2.24, 2.45) is 10.9 Å². The molecule has 0 spiro atoms. The van der Waals surface area contributed by atoms with Gasteiger partial charge in [-0.05, 0) is 18.6 Å². The monoisotopic (exact) mass is 224 g/mol. The van der Waals surface area contributed by atoms with Crippen LogP contribution in [0.5, 0.6) is 0 Å². The summed E-state index contributed by atoms with van der Waals surface area (Å²) in [5.74, 6) is 0.281. The molecule has 0 amide bonds. The van der Waals surface area contributed by atoms with Crippen molar-refractivity contribution in [2.45, 2.75) is 30.4 Å². The van der Waals surface area contributed by atoms with Crippen molar-refractivity contribution in [3.63, 3.8) is 0 Å². The second kappa shape index (κ2) is 5.66. The molecule has 1 aromatic rings. The summed E-state index contributed by atoms with van der Waals surface area (Å²) >= 11 is 1.74. The third kappa shape index (κ3) is 3.83. The number of hydrogen-bond acceptors (Lipinski definition) is 3. The fourth-order valence-electron chi connectivity index (χ4n) is 1.28. The summed E-state index contributed by atoms with van der Waals surface area (Å²) in [6, 6.07) is 8.21. The molecule has 4 heteroatoms. The quantitative estimate of drug-likeness (QED) is 0.272. The highest BCUT2D eigenvalue weighted by Crippen LogP contribution is 2.27. The minimum Gasteiger partial charge on any atom is -0.409 e. The highest BCUT2D eigenvalue weighted by molar-refractivity contribution is 8.00. The second-order valence-electron chi connectivity index (χ2n) is 3.49. The van der Waals surface area contributed by atoms with Crippen LogP contribution >= 0.6 is 11.8 Å². The first-order valence-electron chi connectivity index (χ1n) is 4.82. The van der Waals surface area contributed by atoms with Crippen molar-refractivity contribution in [1.29, 1.82) is 0 Å². The third-order valence-electron chi connectivity index (χ3n) is 2.05. The van der Waals surface area contributed by atoms with E-state index in [1.54, 1.807) is 11.8 Å². The summed E-state index contributed by atoms with van der Waals surface area (Å²) < 4.78 is 0. The average Bonchev–Trinajstić information content (AvgIpc) is 2.21. The molecule has 1 atom stereocenters. The SMILES string of the molecule is Cc1ccccc1SC(C)CC(N)=NO. The normalized spacial score (nSPS) is 13.9. The molecule has 0 heterocycles. The lowest BCUT2D eigenvalue weighted by atomic mass is 10.2. The third-order valence-corrected chi connectivity index (χ3v) is 3.33. The molecule has 1 unspecified atom stereocenters. The van der Waals surface area contributed by atoms with E-state index in [4.69, 9.17) is 10.9 Å². The molecule has 15 heavy (non-hydrogen) atoms. The Balaban J connectivity index is 2.59. The van der Waals surface area contributed by atoms with Crippen LogP contribution in [-0.4, -0.2) is 16.3 Å². The van der Waals surface area contributed by atoms with E-state index in [1.165, 1.54) is 10.5 Å². The second-order valence-corrected chi connectivity index (χ2v) is 4.97. The zero-order valence-electron chi connectivity index (χ0n) is 8.97. The first-order valence-corrected chi connectivity index (χ1v) is 5.70. The van der Waals surface area contributed by atoms with E-state index in [1.807, 2.05) is 12.1 Å². The Kier molecular flexibility index (Phi) is 4.49. The van der Waals surface area contributed by atoms with Crippen LogP contribution < -0.4 is 5.73 Å². The molecule has 82 valence electrons. The van der Waals surface area contributed by atoms with Crippen molar-refractivity contribution in [3.05, 3.63) is 29.8 Å². The molecule has 0 fully saturated rings. The van der Waals surface area contributed by atoms with Crippen LogP contribution in [0.2, 0.25) is 0 Å². The molecule has 1 rings (SSSR count). The Morgan fingerprint density at radius 2 is 2.20 bits per heavy atom. The van der Waals surface area contributed by atoms with Gasteiger partial charge in [-0.3, -0.25) is 0 Å². The van der Waals surface area contributed by atoms with Crippen LogP contribution in [0.25, 0.3) is 0 Å². The minimum absolute atomic E-state index is 0.281.